The van der Waals surface area contributed by atoms with Gasteiger partial charge in [-0.25, -0.2) is 0 Å². The van der Waals surface area contributed by atoms with Gasteiger partial charge in [0.05, 0.1) is 12.8 Å². The van der Waals surface area contributed by atoms with Gasteiger partial charge in [0.2, 0.25) is 0 Å². The number of rotatable bonds is 5. The minimum Gasteiger partial charge on any atom is -0.462 e. The maximum atomic E-state index is 12.4. The number of carbonyl (C=O) groups is 2. The van der Waals surface area contributed by atoms with Crippen LogP contribution in [0.1, 0.15) is 92.9 Å². The molecule has 6 atom stereocenters. The molecule has 4 saturated carbocycles. The van der Waals surface area contributed by atoms with Crippen molar-refractivity contribution in [2.45, 2.75) is 105 Å². The fourth-order valence-corrected chi connectivity index (χ4v) is 7.26. The summed E-state index contributed by atoms with van der Waals surface area (Å²) in [6, 6.07) is 0. The van der Waals surface area contributed by atoms with Crippen LogP contribution in [-0.4, -0.2) is 24.1 Å². The SMILES string of the molecule is CC1(C)[C@H]2CC[C@]1(C)[C@H](OC(=O)CCC(=O)O[C@@H]1C[C@@H]3CC[C@@]1(C)C3(C)C)C2. The maximum absolute atomic E-state index is 12.4. The van der Waals surface area contributed by atoms with Gasteiger partial charge < -0.3 is 9.47 Å². The minimum atomic E-state index is -0.244. The van der Waals surface area contributed by atoms with E-state index in [9.17, 15) is 9.59 Å². The van der Waals surface area contributed by atoms with E-state index in [1.165, 1.54) is 12.8 Å². The van der Waals surface area contributed by atoms with Gasteiger partial charge in [0.25, 0.3) is 0 Å². The minimum absolute atomic E-state index is 0.00459. The highest BCUT2D eigenvalue weighted by molar-refractivity contribution is 5.78. The smallest absolute Gasteiger partial charge is 0.306 e. The third-order valence-corrected chi connectivity index (χ3v) is 10.5. The van der Waals surface area contributed by atoms with Crippen molar-refractivity contribution in [2.75, 3.05) is 0 Å². The number of esters is 2. The van der Waals surface area contributed by atoms with Crippen LogP contribution in [0.3, 0.4) is 0 Å². The van der Waals surface area contributed by atoms with Crippen molar-refractivity contribution < 1.29 is 19.1 Å². The van der Waals surface area contributed by atoms with Crippen LogP contribution >= 0.6 is 0 Å². The fourth-order valence-electron chi connectivity index (χ4n) is 7.26. The van der Waals surface area contributed by atoms with Crippen molar-refractivity contribution in [3.8, 4) is 0 Å². The van der Waals surface area contributed by atoms with Gasteiger partial charge in [0.1, 0.15) is 12.2 Å². The zero-order valence-corrected chi connectivity index (χ0v) is 18.6. The lowest BCUT2D eigenvalue weighted by Gasteiger charge is -2.38. The first-order valence-electron chi connectivity index (χ1n) is 11.3. The second-order valence-electron chi connectivity index (χ2n) is 11.7. The summed E-state index contributed by atoms with van der Waals surface area (Å²) in [4.78, 5) is 24.9. The van der Waals surface area contributed by atoms with Crippen LogP contribution in [0, 0.1) is 33.5 Å². The van der Waals surface area contributed by atoms with Gasteiger partial charge in [-0.3, -0.25) is 9.59 Å². The van der Waals surface area contributed by atoms with E-state index in [2.05, 4.69) is 41.5 Å². The molecule has 4 nitrogen and oxygen atoms in total. The predicted octanol–water partition coefficient (Wildman–Crippen LogP) is 5.28. The van der Waals surface area contributed by atoms with Gasteiger partial charge in [0, 0.05) is 10.8 Å². The van der Waals surface area contributed by atoms with Crippen LogP contribution in [0.2, 0.25) is 0 Å². The number of carbonyl (C=O) groups excluding carboxylic acids is 2. The van der Waals surface area contributed by atoms with Gasteiger partial charge in [-0.15, -0.1) is 0 Å². The van der Waals surface area contributed by atoms with Crippen LogP contribution in [0.15, 0.2) is 0 Å². The summed E-state index contributed by atoms with van der Waals surface area (Å²) >= 11 is 0. The molecule has 0 heterocycles. The van der Waals surface area contributed by atoms with Crippen molar-refractivity contribution in [1.82, 2.24) is 0 Å². The molecule has 0 radical (unpaired) electrons. The summed E-state index contributed by atoms with van der Waals surface area (Å²) in [7, 11) is 0. The Morgan fingerprint density at radius 3 is 1.32 bits per heavy atom. The van der Waals surface area contributed by atoms with Crippen LogP contribution < -0.4 is 0 Å². The van der Waals surface area contributed by atoms with Crippen molar-refractivity contribution in [3.05, 3.63) is 0 Å². The Hall–Kier alpha value is -1.06. The maximum Gasteiger partial charge on any atom is 0.306 e. The summed E-state index contributed by atoms with van der Waals surface area (Å²) < 4.78 is 11.7. The molecule has 4 aliphatic carbocycles. The number of fused-ring (bicyclic) bond motifs is 4. The Kier molecular flexibility index (Phi) is 4.49. The van der Waals surface area contributed by atoms with E-state index < -0.39 is 0 Å². The van der Waals surface area contributed by atoms with Crippen LogP contribution in [0.4, 0.5) is 0 Å². The van der Waals surface area contributed by atoms with Gasteiger partial charge >= 0.3 is 11.9 Å². The Balaban J connectivity index is 1.27. The standard InChI is InChI=1S/C24H38O4/c1-21(2)15-9-11-23(21,5)17(13-15)27-19(25)7-8-20(26)28-18-14-16-10-12-24(18,6)22(16,3)4/h15-18H,7-14H2,1-6H3/t15-,16-,17+,18+,23+,24+/m0/s1. The Morgan fingerprint density at radius 2 is 1.07 bits per heavy atom. The Bertz CT molecular complexity index is 622. The van der Waals surface area contributed by atoms with Crippen molar-refractivity contribution in [2.24, 2.45) is 33.5 Å². The van der Waals surface area contributed by atoms with Crippen LogP contribution in [-0.2, 0) is 19.1 Å². The first kappa shape index (κ1) is 20.2. The molecule has 4 rings (SSSR count). The van der Waals surface area contributed by atoms with Crippen LogP contribution in [0.25, 0.3) is 0 Å². The largest absolute Gasteiger partial charge is 0.462 e. The van der Waals surface area contributed by atoms with E-state index in [0.717, 1.165) is 25.7 Å². The number of ether oxygens (including phenoxy) is 2. The monoisotopic (exact) mass is 390 g/mol. The molecule has 0 N–H and O–H groups in total. The molecule has 0 saturated heterocycles. The zero-order valence-electron chi connectivity index (χ0n) is 18.6. The Morgan fingerprint density at radius 1 is 0.714 bits per heavy atom. The third-order valence-electron chi connectivity index (χ3n) is 10.5. The normalized spacial score (nSPS) is 44.6. The molecular formula is C24H38O4. The van der Waals surface area contributed by atoms with E-state index in [0.29, 0.717) is 11.8 Å². The van der Waals surface area contributed by atoms with Gasteiger partial charge in [-0.2, -0.15) is 0 Å². The highest BCUT2D eigenvalue weighted by atomic mass is 16.6. The summed E-state index contributed by atoms with van der Waals surface area (Å²) in [6.45, 7) is 13.8. The molecule has 0 aromatic carbocycles. The average Bonchev–Trinajstić information content (AvgIpc) is 3.12. The lowest BCUT2D eigenvalue weighted by molar-refractivity contribution is -0.163. The van der Waals surface area contributed by atoms with Crippen molar-refractivity contribution >= 4 is 11.9 Å². The molecule has 4 aliphatic rings. The van der Waals surface area contributed by atoms with Crippen LogP contribution in [0.5, 0.6) is 0 Å². The Labute approximate surface area is 170 Å². The molecule has 0 spiro atoms. The van der Waals surface area contributed by atoms with E-state index in [1.54, 1.807) is 0 Å². The molecule has 4 fully saturated rings. The predicted molar refractivity (Wildman–Crippen MR) is 107 cm³/mol. The first-order valence-corrected chi connectivity index (χ1v) is 11.3. The highest BCUT2D eigenvalue weighted by Gasteiger charge is 2.64. The molecule has 28 heavy (non-hydrogen) atoms. The quantitative estimate of drug-likeness (QED) is 0.599. The topological polar surface area (TPSA) is 52.6 Å². The average molecular weight is 391 g/mol. The summed E-state index contributed by atoms with van der Waals surface area (Å²) in [5.74, 6) is 0.793. The van der Waals surface area contributed by atoms with E-state index in [4.69, 9.17) is 9.47 Å². The third kappa shape index (κ3) is 2.61. The molecule has 0 aromatic heterocycles. The highest BCUT2D eigenvalue weighted by Crippen LogP contribution is 2.67. The molecule has 0 aromatic rings. The van der Waals surface area contributed by atoms with E-state index in [-0.39, 0.29) is 58.6 Å². The van der Waals surface area contributed by atoms with Gasteiger partial charge in [-0.05, 0) is 61.2 Å². The molecule has 4 bridgehead atoms. The van der Waals surface area contributed by atoms with E-state index >= 15 is 0 Å². The van der Waals surface area contributed by atoms with Gasteiger partial charge in [-0.1, -0.05) is 41.5 Å². The second kappa shape index (κ2) is 6.22. The van der Waals surface area contributed by atoms with Gasteiger partial charge in [0.15, 0.2) is 0 Å². The fraction of sp³-hybridized carbons (Fsp3) is 0.917. The zero-order chi connectivity index (χ0) is 20.5. The molecule has 0 aliphatic heterocycles. The second-order valence-corrected chi connectivity index (χ2v) is 11.7. The van der Waals surface area contributed by atoms with Crippen molar-refractivity contribution in [1.29, 1.82) is 0 Å². The molecule has 4 heteroatoms. The summed E-state index contributed by atoms with van der Waals surface area (Å²) in [6.07, 6.45) is 6.92. The van der Waals surface area contributed by atoms with Crippen molar-refractivity contribution in [3.63, 3.8) is 0 Å². The number of hydrogen-bond donors (Lipinski definition) is 0. The lowest BCUT2D eigenvalue weighted by atomic mass is 9.70. The molecule has 0 amide bonds. The summed E-state index contributed by atoms with van der Waals surface area (Å²) in [5.41, 5.74) is 0.579. The molecule has 158 valence electrons. The number of hydrogen-bond acceptors (Lipinski definition) is 4. The molecule has 0 unspecified atom stereocenters. The lowest BCUT2D eigenvalue weighted by Crippen LogP contribution is -2.39. The van der Waals surface area contributed by atoms with E-state index in [1.807, 2.05) is 0 Å². The first-order chi connectivity index (χ1) is 12.9. The molecular weight excluding hydrogens is 352 g/mol. The summed E-state index contributed by atoms with van der Waals surface area (Å²) in [5, 5.41) is 0.